The molecule has 66 valence electrons. The molecule has 0 rings (SSSR count). The molecule has 0 unspecified atom stereocenters. The van der Waals surface area contributed by atoms with E-state index in [1.54, 1.807) is 6.92 Å². The minimum absolute atomic E-state index is 0.531. The molecule has 0 amide bonds. The maximum Gasteiger partial charge on any atom is 0.235 e. The van der Waals surface area contributed by atoms with E-state index in [4.69, 9.17) is 0 Å². The van der Waals surface area contributed by atoms with Gasteiger partial charge in [-0.15, -0.1) is 0 Å². The van der Waals surface area contributed by atoms with E-state index in [2.05, 4.69) is 0 Å². The molecule has 11 heavy (non-hydrogen) atoms. The van der Waals surface area contributed by atoms with E-state index in [1.165, 1.54) is 15.8 Å². The van der Waals surface area contributed by atoms with Crippen molar-refractivity contribution < 1.29 is 8.42 Å². The number of nitrogens with zero attached hydrogens (tertiary/aromatic N) is 1. The summed E-state index contributed by atoms with van der Waals surface area (Å²) in [4.78, 5) is 0. The molecule has 0 saturated carbocycles. The molecule has 0 fully saturated rings. The van der Waals surface area contributed by atoms with Crippen LogP contribution in [0.15, 0.2) is 11.5 Å². The summed E-state index contributed by atoms with van der Waals surface area (Å²) in [5.41, 5.74) is 0. The molecule has 0 radical (unpaired) electrons. The Balaban J connectivity index is 4.52. The lowest BCUT2D eigenvalue weighted by Gasteiger charge is -2.14. The summed E-state index contributed by atoms with van der Waals surface area (Å²) >= 11 is 0. The largest absolute Gasteiger partial charge is 0.235 e. The van der Waals surface area contributed by atoms with Gasteiger partial charge in [-0.2, -0.15) is 4.31 Å². The molecule has 0 bridgehead atoms. The van der Waals surface area contributed by atoms with E-state index in [0.29, 0.717) is 13.1 Å². The maximum absolute atomic E-state index is 11.2. The van der Waals surface area contributed by atoms with Crippen LogP contribution < -0.4 is 0 Å². The SMILES string of the molecule is C/C=C/S(=O)(=O)N(CC)CC. The number of sulfonamides is 1. The molecule has 0 aliphatic rings. The van der Waals surface area contributed by atoms with E-state index >= 15 is 0 Å². The highest BCUT2D eigenvalue weighted by atomic mass is 32.2. The predicted octanol–water partition coefficient (Wildman–Crippen LogP) is 1.19. The van der Waals surface area contributed by atoms with Crippen molar-refractivity contribution in [3.8, 4) is 0 Å². The normalized spacial score (nSPS) is 13.1. The minimum Gasteiger partial charge on any atom is -0.208 e. The highest BCUT2D eigenvalue weighted by molar-refractivity contribution is 7.92. The molecule has 0 N–H and O–H groups in total. The summed E-state index contributed by atoms with van der Waals surface area (Å²) in [7, 11) is -3.12. The van der Waals surface area contributed by atoms with Crippen LogP contribution in [0.25, 0.3) is 0 Å². The van der Waals surface area contributed by atoms with Crippen LogP contribution in [0.2, 0.25) is 0 Å². The fraction of sp³-hybridized carbons (Fsp3) is 0.714. The molecule has 0 spiro atoms. The first-order valence-corrected chi connectivity index (χ1v) is 5.21. The quantitative estimate of drug-likeness (QED) is 0.647. The van der Waals surface area contributed by atoms with Crippen molar-refractivity contribution in [3.05, 3.63) is 11.5 Å². The highest BCUT2D eigenvalue weighted by Crippen LogP contribution is 2.01. The van der Waals surface area contributed by atoms with Crippen molar-refractivity contribution in [1.82, 2.24) is 4.31 Å². The molecule has 3 nitrogen and oxygen atoms in total. The average molecular weight is 177 g/mol. The number of allylic oxidation sites excluding steroid dienone is 1. The molecule has 0 aliphatic carbocycles. The Kier molecular flexibility index (Phi) is 4.37. The average Bonchev–Trinajstić information content (AvgIpc) is 1.89. The van der Waals surface area contributed by atoms with Gasteiger partial charge < -0.3 is 0 Å². The van der Waals surface area contributed by atoms with Crippen LogP contribution in [0, 0.1) is 0 Å². The van der Waals surface area contributed by atoms with Crippen molar-refractivity contribution in [3.63, 3.8) is 0 Å². The first kappa shape index (κ1) is 10.7. The molecule has 0 aliphatic heterocycles. The third kappa shape index (κ3) is 3.03. The predicted molar refractivity (Wildman–Crippen MR) is 46.7 cm³/mol. The smallest absolute Gasteiger partial charge is 0.208 e. The zero-order valence-corrected chi connectivity index (χ0v) is 8.06. The lowest BCUT2D eigenvalue weighted by molar-refractivity contribution is 0.453. The number of rotatable bonds is 4. The molecule has 0 aromatic rings. The Bertz CT molecular complexity index is 215. The Morgan fingerprint density at radius 3 is 2.00 bits per heavy atom. The fourth-order valence-electron chi connectivity index (χ4n) is 0.842. The third-order valence-electron chi connectivity index (χ3n) is 1.37. The third-order valence-corrected chi connectivity index (χ3v) is 3.23. The minimum atomic E-state index is -3.12. The molecule has 0 atom stereocenters. The Hall–Kier alpha value is -0.350. The summed E-state index contributed by atoms with van der Waals surface area (Å²) in [6.45, 7) is 6.41. The van der Waals surface area contributed by atoms with Crippen LogP contribution in [0.5, 0.6) is 0 Å². The Morgan fingerprint density at radius 1 is 1.27 bits per heavy atom. The molecule has 0 aromatic carbocycles. The van der Waals surface area contributed by atoms with Crippen LogP contribution in [0.4, 0.5) is 0 Å². The van der Waals surface area contributed by atoms with E-state index in [-0.39, 0.29) is 0 Å². The summed E-state index contributed by atoms with van der Waals surface area (Å²) in [6.07, 6.45) is 1.54. The van der Waals surface area contributed by atoms with Gasteiger partial charge in [0.25, 0.3) is 0 Å². The van der Waals surface area contributed by atoms with Gasteiger partial charge in [-0.3, -0.25) is 0 Å². The Morgan fingerprint density at radius 2 is 1.73 bits per heavy atom. The van der Waals surface area contributed by atoms with Crippen molar-refractivity contribution >= 4 is 10.0 Å². The van der Waals surface area contributed by atoms with Gasteiger partial charge in [-0.1, -0.05) is 19.9 Å². The molecular weight excluding hydrogens is 162 g/mol. The second-order valence-electron chi connectivity index (χ2n) is 2.10. The second-order valence-corrected chi connectivity index (χ2v) is 3.92. The van der Waals surface area contributed by atoms with Crippen LogP contribution in [-0.4, -0.2) is 25.8 Å². The molecular formula is C7H15NO2S. The topological polar surface area (TPSA) is 37.4 Å². The van der Waals surface area contributed by atoms with Gasteiger partial charge in [-0.05, 0) is 6.92 Å². The molecule has 0 heterocycles. The summed E-state index contributed by atoms with van der Waals surface area (Å²) in [5.74, 6) is 0. The van der Waals surface area contributed by atoms with Gasteiger partial charge in [0, 0.05) is 18.5 Å². The first-order chi connectivity index (χ1) is 5.08. The lowest BCUT2D eigenvalue weighted by atomic mass is 10.7. The lowest BCUT2D eigenvalue weighted by Crippen LogP contribution is -2.28. The van der Waals surface area contributed by atoms with Gasteiger partial charge in [0.2, 0.25) is 10.0 Å². The first-order valence-electron chi connectivity index (χ1n) is 3.71. The standard InChI is InChI=1S/C7H15NO2S/c1-4-7-11(9,10)8(5-2)6-3/h4,7H,5-6H2,1-3H3/b7-4+. The van der Waals surface area contributed by atoms with Crippen molar-refractivity contribution in [2.75, 3.05) is 13.1 Å². The maximum atomic E-state index is 11.2. The van der Waals surface area contributed by atoms with Crippen LogP contribution >= 0.6 is 0 Å². The second kappa shape index (κ2) is 4.51. The van der Waals surface area contributed by atoms with Crippen molar-refractivity contribution in [2.45, 2.75) is 20.8 Å². The van der Waals surface area contributed by atoms with Crippen molar-refractivity contribution in [2.24, 2.45) is 0 Å². The van der Waals surface area contributed by atoms with Gasteiger partial charge in [0.05, 0.1) is 0 Å². The van der Waals surface area contributed by atoms with Crippen LogP contribution in [-0.2, 0) is 10.0 Å². The van der Waals surface area contributed by atoms with Gasteiger partial charge in [-0.25, -0.2) is 8.42 Å². The zero-order chi connectivity index (χ0) is 8.91. The van der Waals surface area contributed by atoms with Crippen molar-refractivity contribution in [1.29, 1.82) is 0 Å². The fourth-order valence-corrected chi connectivity index (χ4v) is 2.08. The monoisotopic (exact) mass is 177 g/mol. The van der Waals surface area contributed by atoms with Crippen LogP contribution in [0.1, 0.15) is 20.8 Å². The van der Waals surface area contributed by atoms with Gasteiger partial charge in [0.15, 0.2) is 0 Å². The number of hydrogen-bond acceptors (Lipinski definition) is 2. The van der Waals surface area contributed by atoms with Gasteiger partial charge in [0.1, 0.15) is 0 Å². The van der Waals surface area contributed by atoms with Gasteiger partial charge >= 0.3 is 0 Å². The zero-order valence-electron chi connectivity index (χ0n) is 7.24. The van der Waals surface area contributed by atoms with Crippen LogP contribution in [0.3, 0.4) is 0 Å². The van der Waals surface area contributed by atoms with E-state index in [1.807, 2.05) is 13.8 Å². The molecule has 0 aromatic heterocycles. The summed E-state index contributed by atoms with van der Waals surface area (Å²) < 4.78 is 23.9. The number of hydrogen-bond donors (Lipinski definition) is 0. The van der Waals surface area contributed by atoms with E-state index < -0.39 is 10.0 Å². The summed E-state index contributed by atoms with van der Waals surface area (Å²) in [5, 5.41) is 1.22. The highest BCUT2D eigenvalue weighted by Gasteiger charge is 2.13. The molecule has 0 saturated heterocycles. The van der Waals surface area contributed by atoms with E-state index in [0.717, 1.165) is 0 Å². The summed E-state index contributed by atoms with van der Waals surface area (Å²) in [6, 6.07) is 0. The van der Waals surface area contributed by atoms with E-state index in [9.17, 15) is 8.42 Å². The Labute approximate surface area is 68.8 Å². The molecule has 4 heteroatoms.